The van der Waals surface area contributed by atoms with E-state index in [-0.39, 0.29) is 17.8 Å². The molecule has 1 atom stereocenters. The maximum Gasteiger partial charge on any atom is 0.234 e. The highest BCUT2D eigenvalue weighted by Gasteiger charge is 2.06. The molecular formula is C11H14BrNO2S. The van der Waals surface area contributed by atoms with Gasteiger partial charge in [-0.3, -0.25) is 4.79 Å². The molecule has 0 aliphatic rings. The lowest BCUT2D eigenvalue weighted by atomic mass is 10.3. The van der Waals surface area contributed by atoms with E-state index in [0.717, 1.165) is 10.2 Å². The van der Waals surface area contributed by atoms with Crippen molar-refractivity contribution in [1.29, 1.82) is 0 Å². The fraction of sp³-hybridized carbons (Fsp3) is 0.364. The third kappa shape index (κ3) is 5.01. The molecule has 0 aliphatic heterocycles. The van der Waals surface area contributed by atoms with Crippen molar-refractivity contribution in [2.24, 2.45) is 0 Å². The predicted molar refractivity (Wildman–Crippen MR) is 71.8 cm³/mol. The first-order valence-electron chi connectivity index (χ1n) is 4.89. The summed E-state index contributed by atoms with van der Waals surface area (Å²) in [6.45, 7) is 1.98. The van der Waals surface area contributed by atoms with E-state index < -0.39 is 0 Å². The number of aliphatic hydroxyl groups is 1. The Kier molecular flexibility index (Phi) is 5.87. The minimum atomic E-state index is -0.0524. The van der Waals surface area contributed by atoms with Gasteiger partial charge in [0.2, 0.25) is 5.91 Å². The van der Waals surface area contributed by atoms with E-state index in [1.807, 2.05) is 31.2 Å². The third-order valence-corrected chi connectivity index (χ3v) is 3.50. The summed E-state index contributed by atoms with van der Waals surface area (Å²) in [7, 11) is 0. The van der Waals surface area contributed by atoms with Gasteiger partial charge in [0, 0.05) is 15.4 Å². The molecule has 0 aliphatic carbocycles. The number of amides is 1. The number of hydrogen-bond acceptors (Lipinski definition) is 3. The molecule has 1 unspecified atom stereocenters. The first kappa shape index (κ1) is 13.5. The monoisotopic (exact) mass is 303 g/mol. The second-order valence-electron chi connectivity index (χ2n) is 3.36. The van der Waals surface area contributed by atoms with E-state index in [0.29, 0.717) is 5.75 Å². The van der Waals surface area contributed by atoms with E-state index in [1.54, 1.807) is 0 Å². The zero-order valence-electron chi connectivity index (χ0n) is 8.94. The Morgan fingerprint density at radius 1 is 1.62 bits per heavy atom. The minimum absolute atomic E-state index is 0.0524. The molecule has 2 N–H and O–H groups in total. The quantitative estimate of drug-likeness (QED) is 0.879. The SMILES string of the molecule is CC(CO)SCC(=O)Nc1cccc(Br)c1. The molecule has 1 aromatic rings. The summed E-state index contributed by atoms with van der Waals surface area (Å²) >= 11 is 4.77. The number of anilines is 1. The van der Waals surface area contributed by atoms with Gasteiger partial charge in [-0.25, -0.2) is 0 Å². The molecule has 88 valence electrons. The Balaban J connectivity index is 2.40. The van der Waals surface area contributed by atoms with E-state index in [9.17, 15) is 4.79 Å². The van der Waals surface area contributed by atoms with Crippen molar-refractivity contribution in [2.45, 2.75) is 12.2 Å². The number of halogens is 1. The number of benzene rings is 1. The van der Waals surface area contributed by atoms with Crippen LogP contribution in [-0.2, 0) is 4.79 Å². The van der Waals surface area contributed by atoms with Crippen LogP contribution in [-0.4, -0.2) is 28.6 Å². The fourth-order valence-corrected chi connectivity index (χ4v) is 2.05. The first-order valence-corrected chi connectivity index (χ1v) is 6.74. The zero-order chi connectivity index (χ0) is 12.0. The standard InChI is InChI=1S/C11H14BrNO2S/c1-8(6-14)16-7-11(15)13-10-4-2-3-9(12)5-10/h2-5,8,14H,6-7H2,1H3,(H,13,15). The van der Waals surface area contributed by atoms with E-state index in [2.05, 4.69) is 21.2 Å². The van der Waals surface area contributed by atoms with Gasteiger partial charge in [-0.2, -0.15) is 0 Å². The Morgan fingerprint density at radius 2 is 2.38 bits per heavy atom. The topological polar surface area (TPSA) is 49.3 Å². The molecule has 5 heteroatoms. The lowest BCUT2D eigenvalue weighted by Gasteiger charge is -2.08. The predicted octanol–water partition coefficient (Wildman–Crippen LogP) is 2.50. The smallest absolute Gasteiger partial charge is 0.234 e. The molecule has 0 radical (unpaired) electrons. The van der Waals surface area contributed by atoms with Gasteiger partial charge in [0.1, 0.15) is 0 Å². The molecule has 0 saturated carbocycles. The lowest BCUT2D eigenvalue weighted by molar-refractivity contribution is -0.113. The van der Waals surface area contributed by atoms with Crippen LogP contribution in [0.2, 0.25) is 0 Å². The van der Waals surface area contributed by atoms with Crippen molar-refractivity contribution < 1.29 is 9.90 Å². The van der Waals surface area contributed by atoms with Crippen LogP contribution in [0.4, 0.5) is 5.69 Å². The first-order chi connectivity index (χ1) is 7.61. The Morgan fingerprint density at radius 3 is 3.00 bits per heavy atom. The molecule has 1 rings (SSSR count). The molecule has 0 bridgehead atoms. The van der Waals surface area contributed by atoms with Gasteiger partial charge in [0.15, 0.2) is 0 Å². The number of aliphatic hydroxyl groups excluding tert-OH is 1. The summed E-state index contributed by atoms with van der Waals surface area (Å²) in [6, 6.07) is 7.45. The Hall–Kier alpha value is -0.520. The highest BCUT2D eigenvalue weighted by molar-refractivity contribution is 9.10. The molecule has 1 amide bonds. The average molecular weight is 304 g/mol. The second-order valence-corrected chi connectivity index (χ2v) is 5.71. The number of carbonyl (C=O) groups excluding carboxylic acids is 1. The Labute approximate surface area is 108 Å². The molecular weight excluding hydrogens is 290 g/mol. The van der Waals surface area contributed by atoms with Crippen LogP contribution in [0.25, 0.3) is 0 Å². The molecule has 3 nitrogen and oxygen atoms in total. The summed E-state index contributed by atoms with van der Waals surface area (Å²) < 4.78 is 0.932. The van der Waals surface area contributed by atoms with Gasteiger partial charge in [-0.1, -0.05) is 28.9 Å². The lowest BCUT2D eigenvalue weighted by Crippen LogP contribution is -2.16. The maximum absolute atomic E-state index is 11.5. The van der Waals surface area contributed by atoms with Crippen LogP contribution in [0.5, 0.6) is 0 Å². The van der Waals surface area contributed by atoms with E-state index in [4.69, 9.17) is 5.11 Å². The molecule has 0 fully saturated rings. The molecule has 0 aromatic heterocycles. The highest BCUT2D eigenvalue weighted by Crippen LogP contribution is 2.16. The van der Waals surface area contributed by atoms with Crippen LogP contribution < -0.4 is 5.32 Å². The summed E-state index contributed by atoms with van der Waals surface area (Å²) in [6.07, 6.45) is 0. The van der Waals surface area contributed by atoms with Crippen LogP contribution in [0.1, 0.15) is 6.92 Å². The molecule has 0 saturated heterocycles. The van der Waals surface area contributed by atoms with Crippen LogP contribution in [0.15, 0.2) is 28.7 Å². The Bertz CT molecular complexity index is 360. The number of carbonyl (C=O) groups is 1. The number of thioether (sulfide) groups is 1. The zero-order valence-corrected chi connectivity index (χ0v) is 11.3. The number of hydrogen-bond donors (Lipinski definition) is 2. The van der Waals surface area contributed by atoms with Gasteiger partial charge in [-0.05, 0) is 18.2 Å². The van der Waals surface area contributed by atoms with Gasteiger partial charge in [-0.15, -0.1) is 11.8 Å². The van der Waals surface area contributed by atoms with E-state index >= 15 is 0 Å². The highest BCUT2D eigenvalue weighted by atomic mass is 79.9. The normalized spacial score (nSPS) is 12.2. The summed E-state index contributed by atoms with van der Waals surface area (Å²) in [5.74, 6) is 0.303. The number of rotatable bonds is 5. The van der Waals surface area contributed by atoms with Crippen LogP contribution >= 0.6 is 27.7 Å². The van der Waals surface area contributed by atoms with Crippen molar-refractivity contribution in [3.05, 3.63) is 28.7 Å². The van der Waals surface area contributed by atoms with Crippen LogP contribution in [0, 0.1) is 0 Å². The van der Waals surface area contributed by atoms with Crippen molar-refractivity contribution in [2.75, 3.05) is 17.7 Å². The van der Waals surface area contributed by atoms with Gasteiger partial charge < -0.3 is 10.4 Å². The minimum Gasteiger partial charge on any atom is -0.395 e. The average Bonchev–Trinajstić information content (AvgIpc) is 2.26. The van der Waals surface area contributed by atoms with Crippen molar-refractivity contribution in [1.82, 2.24) is 0 Å². The molecule has 16 heavy (non-hydrogen) atoms. The number of nitrogens with one attached hydrogen (secondary N) is 1. The van der Waals surface area contributed by atoms with E-state index in [1.165, 1.54) is 11.8 Å². The van der Waals surface area contributed by atoms with Crippen molar-refractivity contribution in [3.63, 3.8) is 0 Å². The molecule has 0 spiro atoms. The maximum atomic E-state index is 11.5. The summed E-state index contributed by atoms with van der Waals surface area (Å²) in [4.78, 5) is 11.5. The van der Waals surface area contributed by atoms with Crippen LogP contribution in [0.3, 0.4) is 0 Å². The van der Waals surface area contributed by atoms with Gasteiger partial charge in [0.25, 0.3) is 0 Å². The summed E-state index contributed by atoms with van der Waals surface area (Å²) in [5, 5.41) is 11.7. The fourth-order valence-electron chi connectivity index (χ4n) is 1.03. The largest absolute Gasteiger partial charge is 0.395 e. The van der Waals surface area contributed by atoms with Crippen molar-refractivity contribution >= 4 is 39.3 Å². The van der Waals surface area contributed by atoms with Crippen molar-refractivity contribution in [3.8, 4) is 0 Å². The summed E-state index contributed by atoms with van der Waals surface area (Å²) in [5.41, 5.74) is 0.775. The van der Waals surface area contributed by atoms with Gasteiger partial charge in [0.05, 0.1) is 12.4 Å². The second kappa shape index (κ2) is 6.93. The van der Waals surface area contributed by atoms with Gasteiger partial charge >= 0.3 is 0 Å². The molecule has 0 heterocycles. The molecule has 1 aromatic carbocycles. The third-order valence-electron chi connectivity index (χ3n) is 1.86.